The highest BCUT2D eigenvalue weighted by atomic mass is 35.5. The zero-order valence-corrected chi connectivity index (χ0v) is 20.5. The van der Waals surface area contributed by atoms with Crippen molar-refractivity contribution < 1.29 is 18.9 Å². The second-order valence-electron chi connectivity index (χ2n) is 8.34. The van der Waals surface area contributed by atoms with Gasteiger partial charge in [0.1, 0.15) is 23.1 Å². The van der Waals surface area contributed by atoms with Crippen LogP contribution in [0.3, 0.4) is 0 Å². The Morgan fingerprint density at radius 2 is 1.56 bits per heavy atom. The number of pyridine rings is 2. The fourth-order valence-corrected chi connectivity index (χ4v) is 4.97. The monoisotopic (exact) mass is 504 g/mol. The Bertz CT molecular complexity index is 1170. The first-order chi connectivity index (χ1) is 16.6. The second kappa shape index (κ2) is 10.00. The van der Waals surface area contributed by atoms with Crippen molar-refractivity contribution in [3.05, 3.63) is 34.4 Å². The van der Waals surface area contributed by atoms with Crippen molar-refractivity contribution in [3.63, 3.8) is 0 Å². The first-order valence-corrected chi connectivity index (χ1v) is 11.9. The number of benzene rings is 1. The zero-order valence-electron chi connectivity index (χ0n) is 19.0. The van der Waals surface area contributed by atoms with Gasteiger partial charge in [-0.05, 0) is 25.0 Å². The van der Waals surface area contributed by atoms with Crippen LogP contribution in [0.4, 0.5) is 11.6 Å². The predicted octanol–water partition coefficient (Wildman–Crippen LogP) is 5.02. The minimum Gasteiger partial charge on any atom is -0.495 e. The van der Waals surface area contributed by atoms with Crippen LogP contribution in [0, 0.1) is 0 Å². The molecule has 2 aromatic heterocycles. The molecule has 0 spiro atoms. The Morgan fingerprint density at radius 1 is 0.912 bits per heavy atom. The number of methoxy groups -OCH3 is 2. The Hall–Kier alpha value is -2.52. The summed E-state index contributed by atoms with van der Waals surface area (Å²) in [5.41, 5.74) is 1.13. The number of nitrogens with one attached hydrogen (secondary N) is 2. The van der Waals surface area contributed by atoms with Gasteiger partial charge in [-0.1, -0.05) is 23.2 Å². The van der Waals surface area contributed by atoms with Crippen molar-refractivity contribution in [2.45, 2.75) is 24.9 Å². The Morgan fingerprint density at radius 3 is 2.15 bits per heavy atom. The van der Waals surface area contributed by atoms with E-state index in [4.69, 9.17) is 47.1 Å². The molecule has 0 radical (unpaired) electrons. The minimum absolute atomic E-state index is 0.157. The van der Waals surface area contributed by atoms with Crippen molar-refractivity contribution in [3.8, 4) is 22.8 Å². The molecule has 2 unspecified atom stereocenters. The number of anilines is 2. The molecule has 0 saturated carbocycles. The molecule has 2 fully saturated rings. The summed E-state index contributed by atoms with van der Waals surface area (Å²) in [6, 6.07) is 6.00. The zero-order chi connectivity index (χ0) is 23.7. The van der Waals surface area contributed by atoms with Gasteiger partial charge >= 0.3 is 0 Å². The molecular weight excluding hydrogens is 479 g/mol. The average molecular weight is 505 g/mol. The normalized spacial score (nSPS) is 20.0. The molecule has 2 aliphatic rings. The van der Waals surface area contributed by atoms with Crippen LogP contribution in [-0.4, -0.2) is 62.7 Å². The fourth-order valence-electron chi connectivity index (χ4n) is 4.27. The number of fused-ring (bicyclic) bond motifs is 1. The first-order valence-electron chi connectivity index (χ1n) is 11.2. The van der Waals surface area contributed by atoms with E-state index >= 15 is 0 Å². The van der Waals surface area contributed by atoms with E-state index in [1.54, 1.807) is 20.3 Å². The van der Waals surface area contributed by atoms with E-state index < -0.39 is 0 Å². The molecule has 3 aromatic rings. The first kappa shape index (κ1) is 23.2. The quantitative estimate of drug-likeness (QED) is 0.463. The van der Waals surface area contributed by atoms with Gasteiger partial charge in [0.15, 0.2) is 0 Å². The Balaban J connectivity index is 1.63. The van der Waals surface area contributed by atoms with Crippen LogP contribution in [0.25, 0.3) is 22.0 Å². The van der Waals surface area contributed by atoms with Gasteiger partial charge in [0, 0.05) is 41.8 Å². The highest BCUT2D eigenvalue weighted by Gasteiger charge is 2.23. The Labute approximate surface area is 207 Å². The summed E-state index contributed by atoms with van der Waals surface area (Å²) in [4.78, 5) is 9.58. The second-order valence-corrected chi connectivity index (χ2v) is 9.10. The number of halogens is 2. The topological polar surface area (TPSA) is 86.8 Å². The van der Waals surface area contributed by atoms with Crippen LogP contribution < -0.4 is 20.1 Å². The number of nitrogens with zero attached hydrogens (tertiary/aromatic N) is 2. The van der Waals surface area contributed by atoms with Crippen molar-refractivity contribution in [2.24, 2.45) is 0 Å². The predicted molar refractivity (Wildman–Crippen MR) is 134 cm³/mol. The van der Waals surface area contributed by atoms with Crippen LogP contribution in [0.1, 0.15) is 12.8 Å². The lowest BCUT2D eigenvalue weighted by atomic mass is 10.1. The van der Waals surface area contributed by atoms with Gasteiger partial charge in [-0.3, -0.25) is 0 Å². The maximum Gasteiger partial charge on any atom is 0.141 e. The summed E-state index contributed by atoms with van der Waals surface area (Å²) in [6.45, 7) is 2.78. The molecule has 2 aliphatic heterocycles. The molecule has 0 bridgehead atoms. The fraction of sp³-hybridized carbons (Fsp3) is 0.417. The third kappa shape index (κ3) is 4.55. The van der Waals surface area contributed by atoms with E-state index in [1.165, 1.54) is 0 Å². The summed E-state index contributed by atoms with van der Waals surface area (Å²) >= 11 is 13.4. The van der Waals surface area contributed by atoms with Gasteiger partial charge in [0.25, 0.3) is 0 Å². The van der Waals surface area contributed by atoms with Crippen molar-refractivity contribution in [2.75, 3.05) is 51.3 Å². The molecule has 5 rings (SSSR count). The summed E-state index contributed by atoms with van der Waals surface area (Å²) in [5.74, 6) is 2.40. The number of ether oxygens (including phenoxy) is 4. The molecule has 2 N–H and O–H groups in total. The van der Waals surface area contributed by atoms with Crippen LogP contribution in [0.5, 0.6) is 11.5 Å². The van der Waals surface area contributed by atoms with Crippen molar-refractivity contribution >= 4 is 45.6 Å². The van der Waals surface area contributed by atoms with Gasteiger partial charge in [-0.2, -0.15) is 0 Å². The van der Waals surface area contributed by atoms with Crippen LogP contribution in [0.15, 0.2) is 24.4 Å². The van der Waals surface area contributed by atoms with E-state index in [1.807, 2.05) is 18.3 Å². The maximum absolute atomic E-state index is 6.69. The summed E-state index contributed by atoms with van der Waals surface area (Å²) in [5, 5.41) is 9.57. The van der Waals surface area contributed by atoms with Gasteiger partial charge in [-0.15, -0.1) is 0 Å². The van der Waals surface area contributed by atoms with Gasteiger partial charge in [0.2, 0.25) is 0 Å². The van der Waals surface area contributed by atoms with E-state index in [9.17, 15) is 0 Å². The van der Waals surface area contributed by atoms with Crippen LogP contribution in [-0.2, 0) is 9.47 Å². The molecule has 34 heavy (non-hydrogen) atoms. The Kier molecular flexibility index (Phi) is 6.83. The van der Waals surface area contributed by atoms with E-state index in [0.717, 1.165) is 42.6 Å². The van der Waals surface area contributed by atoms with E-state index in [0.29, 0.717) is 51.8 Å². The lowest BCUT2D eigenvalue weighted by Gasteiger charge is -2.19. The molecule has 2 saturated heterocycles. The molecule has 180 valence electrons. The standard InChI is InChI=1S/C24H26Cl2N4O4/c1-31-18-9-19(32-2)23(26)21(22(18)25)17-7-13-10-27-20(28-14-3-5-33-11-14)8-16(13)24(30-17)29-15-4-6-34-12-15/h7-10,14-15H,3-6,11-12H2,1-2H3,(H,27,28)(H,29,30). The average Bonchev–Trinajstić information content (AvgIpc) is 3.54. The highest BCUT2D eigenvalue weighted by Crippen LogP contribution is 2.46. The van der Waals surface area contributed by atoms with Crippen molar-refractivity contribution in [1.29, 1.82) is 0 Å². The highest BCUT2D eigenvalue weighted by molar-refractivity contribution is 6.41. The maximum atomic E-state index is 6.69. The number of aromatic nitrogens is 2. The molecular formula is C24H26Cl2N4O4. The molecule has 4 heterocycles. The molecule has 10 heteroatoms. The molecule has 0 amide bonds. The number of hydrogen-bond acceptors (Lipinski definition) is 8. The van der Waals surface area contributed by atoms with Gasteiger partial charge in [-0.25, -0.2) is 9.97 Å². The largest absolute Gasteiger partial charge is 0.495 e. The molecule has 2 atom stereocenters. The molecule has 0 aliphatic carbocycles. The lowest BCUT2D eigenvalue weighted by Crippen LogP contribution is -2.21. The third-order valence-electron chi connectivity index (χ3n) is 6.10. The summed E-state index contributed by atoms with van der Waals surface area (Å²) in [7, 11) is 3.10. The molecule has 8 nitrogen and oxygen atoms in total. The van der Waals surface area contributed by atoms with Crippen LogP contribution in [0.2, 0.25) is 10.0 Å². The molecule has 1 aromatic carbocycles. The SMILES string of the molecule is COc1cc(OC)c(Cl)c(-c2cc3cnc(NC4CCOC4)cc3c(NC3CCOC3)n2)c1Cl. The number of hydrogen-bond donors (Lipinski definition) is 2. The van der Waals surface area contributed by atoms with Gasteiger partial charge < -0.3 is 29.6 Å². The summed E-state index contributed by atoms with van der Waals surface area (Å²) in [6.07, 6.45) is 3.68. The van der Waals surface area contributed by atoms with Gasteiger partial charge in [0.05, 0.1) is 55.3 Å². The lowest BCUT2D eigenvalue weighted by molar-refractivity contribution is 0.195. The third-order valence-corrected chi connectivity index (χ3v) is 6.85. The van der Waals surface area contributed by atoms with Crippen molar-refractivity contribution in [1.82, 2.24) is 9.97 Å². The van der Waals surface area contributed by atoms with E-state index in [2.05, 4.69) is 15.6 Å². The minimum atomic E-state index is 0.157. The van der Waals surface area contributed by atoms with E-state index in [-0.39, 0.29) is 12.1 Å². The number of rotatable bonds is 7. The smallest absolute Gasteiger partial charge is 0.141 e. The summed E-state index contributed by atoms with van der Waals surface area (Å²) < 4.78 is 21.9. The van der Waals surface area contributed by atoms with Crippen LogP contribution >= 0.6 is 23.2 Å².